The average Bonchev–Trinajstić information content (AvgIpc) is 3.42. The lowest BCUT2D eigenvalue weighted by atomic mass is 10.1. The van der Waals surface area contributed by atoms with Gasteiger partial charge in [0.05, 0.1) is 11.4 Å². The molecule has 1 aliphatic heterocycles. The van der Waals surface area contributed by atoms with Gasteiger partial charge in [0.1, 0.15) is 6.33 Å². The fourth-order valence-corrected chi connectivity index (χ4v) is 4.45. The number of rotatable bonds is 7. The zero-order chi connectivity index (χ0) is 20.1. The Morgan fingerprint density at radius 2 is 1.97 bits per heavy atom. The third-order valence-electron chi connectivity index (χ3n) is 5.16. The predicted octanol–water partition coefficient (Wildman–Crippen LogP) is 3.63. The molecule has 1 aromatic heterocycles. The summed E-state index contributed by atoms with van der Waals surface area (Å²) in [7, 11) is 0. The first-order valence-electron chi connectivity index (χ1n) is 9.95. The van der Waals surface area contributed by atoms with Crippen LogP contribution in [0.2, 0.25) is 0 Å². The lowest BCUT2D eigenvalue weighted by Crippen LogP contribution is -2.32. The summed E-state index contributed by atoms with van der Waals surface area (Å²) in [5.41, 5.74) is 3.40. The van der Waals surface area contributed by atoms with Crippen LogP contribution in [-0.2, 0) is 11.2 Å². The molecule has 2 heterocycles. The second kappa shape index (κ2) is 9.13. The van der Waals surface area contributed by atoms with E-state index in [1.165, 1.54) is 17.3 Å². The van der Waals surface area contributed by atoms with Crippen LogP contribution in [-0.4, -0.2) is 50.5 Å². The molecular weight excluding hydrogens is 382 g/mol. The van der Waals surface area contributed by atoms with Crippen LogP contribution < -0.4 is 5.32 Å². The van der Waals surface area contributed by atoms with Gasteiger partial charge in [0.15, 0.2) is 5.16 Å². The van der Waals surface area contributed by atoms with Crippen molar-refractivity contribution in [1.82, 2.24) is 19.7 Å². The van der Waals surface area contributed by atoms with Crippen LogP contribution in [0.3, 0.4) is 0 Å². The Kier molecular flexibility index (Phi) is 6.14. The quantitative estimate of drug-likeness (QED) is 0.606. The van der Waals surface area contributed by atoms with Crippen molar-refractivity contribution in [1.29, 1.82) is 0 Å². The monoisotopic (exact) mass is 407 g/mol. The number of nitrogens with one attached hydrogen (secondary N) is 1. The van der Waals surface area contributed by atoms with E-state index >= 15 is 0 Å². The molecule has 3 aromatic rings. The number of carbonyl (C=O) groups excluding carboxylic acids is 1. The first-order valence-corrected chi connectivity index (χ1v) is 10.9. The second-order valence-electron chi connectivity index (χ2n) is 7.09. The van der Waals surface area contributed by atoms with Crippen molar-refractivity contribution in [3.05, 3.63) is 66.5 Å². The molecule has 1 amide bonds. The van der Waals surface area contributed by atoms with E-state index in [1.54, 1.807) is 6.33 Å². The van der Waals surface area contributed by atoms with E-state index in [1.807, 2.05) is 39.8 Å². The molecule has 1 aliphatic rings. The van der Waals surface area contributed by atoms with Crippen molar-refractivity contribution in [3.63, 3.8) is 0 Å². The Balaban J connectivity index is 1.35. The summed E-state index contributed by atoms with van der Waals surface area (Å²) in [5.74, 6) is 0.510. The summed E-state index contributed by atoms with van der Waals surface area (Å²) in [6.07, 6.45) is 3.61. The summed E-state index contributed by atoms with van der Waals surface area (Å²) in [6.45, 7) is 3.65. The van der Waals surface area contributed by atoms with Crippen molar-refractivity contribution in [2.45, 2.75) is 31.0 Å². The molecule has 7 heteroatoms. The molecule has 1 saturated heterocycles. The van der Waals surface area contributed by atoms with Crippen molar-refractivity contribution in [2.75, 3.05) is 24.2 Å². The maximum atomic E-state index is 12.7. The third kappa shape index (κ3) is 4.62. The van der Waals surface area contributed by atoms with Crippen LogP contribution >= 0.6 is 11.8 Å². The molecule has 1 N–H and O–H groups in total. The number of amides is 1. The number of aromatic nitrogens is 3. The number of benzene rings is 2. The number of likely N-dealkylation sites (tertiary alicyclic amines) is 1. The lowest BCUT2D eigenvalue weighted by molar-refractivity contribution is -0.127. The van der Waals surface area contributed by atoms with Gasteiger partial charge in [0.25, 0.3) is 0 Å². The van der Waals surface area contributed by atoms with E-state index in [9.17, 15) is 4.79 Å². The topological polar surface area (TPSA) is 63.1 Å². The minimum Gasteiger partial charge on any atom is -0.380 e. The van der Waals surface area contributed by atoms with Crippen molar-refractivity contribution in [3.8, 4) is 5.69 Å². The Morgan fingerprint density at radius 1 is 1.17 bits per heavy atom. The van der Waals surface area contributed by atoms with Gasteiger partial charge in [0, 0.05) is 24.8 Å². The SMILES string of the molecule is CCc1ccccc1-n1cnnc1SCC(=O)N1CCC(Nc2ccccc2)C1. The van der Waals surface area contributed by atoms with Gasteiger partial charge in [-0.05, 0) is 36.6 Å². The molecule has 0 radical (unpaired) electrons. The van der Waals surface area contributed by atoms with E-state index in [-0.39, 0.29) is 5.91 Å². The molecule has 2 aromatic carbocycles. The highest BCUT2D eigenvalue weighted by Crippen LogP contribution is 2.24. The van der Waals surface area contributed by atoms with Crippen LogP contribution in [0.4, 0.5) is 5.69 Å². The third-order valence-corrected chi connectivity index (χ3v) is 6.09. The van der Waals surface area contributed by atoms with Crippen LogP contribution in [0, 0.1) is 0 Å². The molecule has 1 unspecified atom stereocenters. The fourth-order valence-electron chi connectivity index (χ4n) is 3.63. The number of anilines is 1. The summed E-state index contributed by atoms with van der Waals surface area (Å²) in [4.78, 5) is 14.7. The van der Waals surface area contributed by atoms with Crippen molar-refractivity contribution in [2.24, 2.45) is 0 Å². The number of para-hydroxylation sites is 2. The molecule has 29 heavy (non-hydrogen) atoms. The van der Waals surface area contributed by atoms with Crippen LogP contribution in [0.25, 0.3) is 5.69 Å². The Labute approximate surface area is 175 Å². The Bertz CT molecular complexity index is 959. The molecule has 0 saturated carbocycles. The molecule has 4 rings (SSSR count). The van der Waals surface area contributed by atoms with Gasteiger partial charge in [-0.3, -0.25) is 9.36 Å². The van der Waals surface area contributed by atoms with Gasteiger partial charge in [-0.15, -0.1) is 10.2 Å². The first kappa shape index (κ1) is 19.5. The van der Waals surface area contributed by atoms with E-state index in [4.69, 9.17) is 0 Å². The smallest absolute Gasteiger partial charge is 0.233 e. The second-order valence-corrected chi connectivity index (χ2v) is 8.03. The average molecular weight is 408 g/mol. The van der Waals surface area contributed by atoms with E-state index < -0.39 is 0 Å². The standard InChI is InChI=1S/C22H25N5OS/c1-2-17-8-6-7-11-20(17)27-16-23-25-22(27)29-15-21(28)26-13-12-19(14-26)24-18-9-4-3-5-10-18/h3-11,16,19,24H,2,12-15H2,1H3. The lowest BCUT2D eigenvalue weighted by Gasteiger charge is -2.17. The van der Waals surface area contributed by atoms with Crippen molar-refractivity contribution >= 4 is 23.4 Å². The van der Waals surface area contributed by atoms with Crippen molar-refractivity contribution < 1.29 is 4.79 Å². The molecule has 150 valence electrons. The molecule has 1 atom stereocenters. The summed E-state index contributed by atoms with van der Waals surface area (Å²) >= 11 is 1.45. The first-order chi connectivity index (χ1) is 14.2. The number of thioether (sulfide) groups is 1. The Hall–Kier alpha value is -2.80. The number of hydrogen-bond donors (Lipinski definition) is 1. The maximum absolute atomic E-state index is 12.7. The van der Waals surface area contributed by atoms with Gasteiger partial charge in [0.2, 0.25) is 5.91 Å². The number of aryl methyl sites for hydroxylation is 1. The predicted molar refractivity (Wildman–Crippen MR) is 117 cm³/mol. The highest BCUT2D eigenvalue weighted by atomic mass is 32.2. The Morgan fingerprint density at radius 3 is 2.79 bits per heavy atom. The molecule has 1 fully saturated rings. The van der Waals surface area contributed by atoms with Gasteiger partial charge in [-0.1, -0.05) is 55.1 Å². The van der Waals surface area contributed by atoms with Crippen LogP contribution in [0.1, 0.15) is 18.9 Å². The minimum absolute atomic E-state index is 0.144. The highest BCUT2D eigenvalue weighted by molar-refractivity contribution is 7.99. The molecular formula is C22H25N5OS. The largest absolute Gasteiger partial charge is 0.380 e. The summed E-state index contributed by atoms with van der Waals surface area (Å²) in [6, 6.07) is 18.7. The summed E-state index contributed by atoms with van der Waals surface area (Å²) < 4.78 is 1.97. The molecule has 0 bridgehead atoms. The van der Waals surface area contributed by atoms with E-state index in [0.717, 1.165) is 42.5 Å². The molecule has 0 spiro atoms. The maximum Gasteiger partial charge on any atom is 0.233 e. The number of carbonyl (C=O) groups is 1. The number of nitrogens with zero attached hydrogens (tertiary/aromatic N) is 4. The van der Waals surface area contributed by atoms with E-state index in [0.29, 0.717) is 11.8 Å². The van der Waals surface area contributed by atoms with Crippen LogP contribution in [0.5, 0.6) is 0 Å². The summed E-state index contributed by atoms with van der Waals surface area (Å²) in [5, 5.41) is 12.6. The van der Waals surface area contributed by atoms with Gasteiger partial charge < -0.3 is 10.2 Å². The van der Waals surface area contributed by atoms with Gasteiger partial charge >= 0.3 is 0 Å². The van der Waals surface area contributed by atoms with E-state index in [2.05, 4.69) is 46.7 Å². The van der Waals surface area contributed by atoms with Gasteiger partial charge in [-0.25, -0.2) is 0 Å². The molecule has 6 nitrogen and oxygen atoms in total. The van der Waals surface area contributed by atoms with Gasteiger partial charge in [-0.2, -0.15) is 0 Å². The normalized spacial score (nSPS) is 16.2. The zero-order valence-corrected chi connectivity index (χ0v) is 17.3. The zero-order valence-electron chi connectivity index (χ0n) is 16.5. The fraction of sp³-hybridized carbons (Fsp3) is 0.318. The highest BCUT2D eigenvalue weighted by Gasteiger charge is 2.26. The minimum atomic E-state index is 0.144. The van der Waals surface area contributed by atoms with Crippen LogP contribution in [0.15, 0.2) is 66.1 Å². The molecule has 0 aliphatic carbocycles. The number of hydrogen-bond acceptors (Lipinski definition) is 5.